The second-order valence-corrected chi connectivity index (χ2v) is 12.0. The van der Waals surface area contributed by atoms with Crippen molar-refractivity contribution < 1.29 is 27.9 Å². The molecule has 1 atom stereocenters. The highest BCUT2D eigenvalue weighted by Gasteiger charge is 2.32. The monoisotopic (exact) mass is 605 g/mol. The molecule has 12 heteroatoms. The van der Waals surface area contributed by atoms with Crippen molar-refractivity contribution in [3.63, 3.8) is 0 Å². The Hall–Kier alpha value is -4.44. The summed E-state index contributed by atoms with van der Waals surface area (Å²) in [7, 11) is -2.32. The van der Waals surface area contributed by atoms with Crippen molar-refractivity contribution >= 4 is 27.8 Å². The smallest absolute Gasteiger partial charge is 0.322 e. The fourth-order valence-electron chi connectivity index (χ4n) is 4.44. The maximum Gasteiger partial charge on any atom is 0.322 e. The minimum Gasteiger partial charge on any atom is -0.497 e. The second kappa shape index (κ2) is 14.2. The third-order valence-corrected chi connectivity index (χ3v) is 8.57. The number of carbonyl (C=O) groups is 2. The molecule has 1 fully saturated rings. The zero-order chi connectivity index (χ0) is 31.0. The molecule has 0 bridgehead atoms. The van der Waals surface area contributed by atoms with Crippen LogP contribution >= 0.6 is 0 Å². The van der Waals surface area contributed by atoms with Gasteiger partial charge in [0.2, 0.25) is 0 Å². The Bertz CT molecular complexity index is 1590. The normalized spacial score (nSPS) is 14.5. The highest BCUT2D eigenvalue weighted by molar-refractivity contribution is 7.87. The van der Waals surface area contributed by atoms with Gasteiger partial charge in [-0.05, 0) is 60.0 Å². The number of aliphatic carboxylic acids is 1. The lowest BCUT2D eigenvalue weighted by molar-refractivity contribution is -0.140. The highest BCUT2D eigenvalue weighted by atomic mass is 32.2. The van der Waals surface area contributed by atoms with E-state index in [2.05, 4.69) is 31.8 Å². The van der Waals surface area contributed by atoms with Crippen LogP contribution in [0.2, 0.25) is 0 Å². The third kappa shape index (κ3) is 8.54. The number of pyridine rings is 1. The number of carboxylic acids is 1. The molecule has 226 valence electrons. The lowest BCUT2D eigenvalue weighted by Gasteiger charge is -2.36. The number of benzene rings is 2. The molecule has 4 rings (SSSR count). The minimum atomic E-state index is -3.92. The first-order chi connectivity index (χ1) is 20.6. The molecule has 0 saturated carbocycles. The first kappa shape index (κ1) is 31.5. The quantitative estimate of drug-likeness (QED) is 0.300. The van der Waals surface area contributed by atoms with E-state index in [0.29, 0.717) is 25.2 Å². The van der Waals surface area contributed by atoms with Gasteiger partial charge in [-0.15, -0.1) is 0 Å². The van der Waals surface area contributed by atoms with Crippen LogP contribution in [0, 0.1) is 17.8 Å². The molecule has 3 aromatic rings. The molecule has 11 nitrogen and oxygen atoms in total. The molecule has 0 aliphatic carbocycles. The summed E-state index contributed by atoms with van der Waals surface area (Å²) in [6.07, 6.45) is 1.55. The van der Waals surface area contributed by atoms with Gasteiger partial charge in [0.15, 0.2) is 0 Å². The Morgan fingerprint density at radius 3 is 2.23 bits per heavy atom. The predicted octanol–water partition coefficient (Wildman–Crippen LogP) is 2.49. The summed E-state index contributed by atoms with van der Waals surface area (Å²) in [5.74, 6) is 5.05. The van der Waals surface area contributed by atoms with Crippen LogP contribution in [0.15, 0.2) is 66.9 Å². The molecule has 3 N–H and O–H groups in total. The van der Waals surface area contributed by atoms with E-state index in [1.807, 2.05) is 48.5 Å². The van der Waals surface area contributed by atoms with Gasteiger partial charge < -0.3 is 20.1 Å². The number of ether oxygens (including phenoxy) is 1. The van der Waals surface area contributed by atoms with Crippen molar-refractivity contribution in [2.45, 2.75) is 26.4 Å². The first-order valence-electron chi connectivity index (χ1n) is 13.8. The summed E-state index contributed by atoms with van der Waals surface area (Å²) >= 11 is 0. The molecule has 1 aliphatic rings. The SMILES string of the molecule is COc1ccc(CNC(=O)c2cc(C#Cc3ccc(N4CCN(S(=O)(=O)N[C@@H](C(=O)O)C(C)C)CC4)cc3)ccn2)cc1. The van der Waals surface area contributed by atoms with Crippen LogP contribution in [-0.2, 0) is 21.5 Å². The molecule has 0 unspecified atom stereocenters. The highest BCUT2D eigenvalue weighted by Crippen LogP contribution is 2.19. The topological polar surface area (TPSA) is 141 Å². The van der Waals surface area contributed by atoms with Crippen LogP contribution in [0.1, 0.15) is 41.0 Å². The van der Waals surface area contributed by atoms with Crippen LogP contribution in [0.5, 0.6) is 5.75 Å². The van der Waals surface area contributed by atoms with E-state index in [9.17, 15) is 23.1 Å². The number of hydrogen-bond acceptors (Lipinski definition) is 7. The number of aromatic nitrogens is 1. The lowest BCUT2D eigenvalue weighted by atomic mass is 10.1. The molecule has 2 aromatic carbocycles. The van der Waals surface area contributed by atoms with Crippen LogP contribution in [-0.4, -0.2) is 74.0 Å². The van der Waals surface area contributed by atoms with E-state index in [4.69, 9.17) is 4.74 Å². The summed E-state index contributed by atoms with van der Waals surface area (Å²) in [5.41, 5.74) is 3.58. The first-order valence-corrected chi connectivity index (χ1v) is 15.2. The average molecular weight is 606 g/mol. The van der Waals surface area contributed by atoms with Crippen molar-refractivity contribution in [1.82, 2.24) is 19.3 Å². The van der Waals surface area contributed by atoms with Crippen molar-refractivity contribution in [1.29, 1.82) is 0 Å². The molecular weight excluding hydrogens is 570 g/mol. The molecule has 1 saturated heterocycles. The van der Waals surface area contributed by atoms with Crippen molar-refractivity contribution in [3.8, 4) is 17.6 Å². The summed E-state index contributed by atoms with van der Waals surface area (Å²) in [6.45, 7) is 5.08. The number of amides is 1. The van der Waals surface area contributed by atoms with Crippen molar-refractivity contribution in [3.05, 3.63) is 89.2 Å². The van der Waals surface area contributed by atoms with E-state index in [-0.39, 0.29) is 30.6 Å². The maximum absolute atomic E-state index is 12.7. The molecule has 43 heavy (non-hydrogen) atoms. The number of carbonyl (C=O) groups excluding carboxylic acids is 1. The van der Waals surface area contributed by atoms with Gasteiger partial charge in [0.25, 0.3) is 16.1 Å². The summed E-state index contributed by atoms with van der Waals surface area (Å²) in [6, 6.07) is 17.3. The van der Waals surface area contributed by atoms with Crippen LogP contribution in [0.3, 0.4) is 0 Å². The number of carboxylic acid groups (broad SMARTS) is 1. The van der Waals surface area contributed by atoms with Crippen LogP contribution in [0.4, 0.5) is 5.69 Å². The van der Waals surface area contributed by atoms with Gasteiger partial charge in [-0.2, -0.15) is 17.4 Å². The summed E-state index contributed by atoms with van der Waals surface area (Å²) < 4.78 is 34.2. The third-order valence-electron chi connectivity index (χ3n) is 6.98. The Morgan fingerprint density at radius 1 is 0.977 bits per heavy atom. The minimum absolute atomic E-state index is 0.235. The second-order valence-electron chi connectivity index (χ2n) is 10.3. The van der Waals surface area contributed by atoms with E-state index < -0.39 is 22.2 Å². The standard InChI is InChI=1S/C31H35N5O6S/c1-22(2)29(31(38)39)34-43(40,41)36-18-16-35(17-19-36)26-10-6-23(7-11-26)4-5-24-14-15-32-28(20-24)30(37)33-21-25-8-12-27(42-3)13-9-25/h6-15,20,22,29,34H,16-19,21H2,1-3H3,(H,33,37)(H,38,39)/t29-/m1/s1. The van der Waals surface area contributed by atoms with Gasteiger partial charge in [-0.3, -0.25) is 14.6 Å². The van der Waals surface area contributed by atoms with Gasteiger partial charge >= 0.3 is 5.97 Å². The van der Waals surface area contributed by atoms with Crippen molar-refractivity contribution in [2.24, 2.45) is 5.92 Å². The van der Waals surface area contributed by atoms with Gasteiger partial charge in [-0.25, -0.2) is 0 Å². The Kier molecular flexibility index (Phi) is 10.4. The number of nitrogens with one attached hydrogen (secondary N) is 2. The molecule has 1 aromatic heterocycles. The number of piperazine rings is 1. The molecule has 2 heterocycles. The summed E-state index contributed by atoms with van der Waals surface area (Å²) in [4.78, 5) is 30.3. The van der Waals surface area contributed by atoms with E-state index in [1.54, 1.807) is 39.3 Å². The average Bonchev–Trinajstić information content (AvgIpc) is 3.02. The molecular formula is C31H35N5O6S. The summed E-state index contributed by atoms with van der Waals surface area (Å²) in [5, 5.41) is 12.2. The zero-order valence-corrected chi connectivity index (χ0v) is 25.1. The predicted molar refractivity (Wildman–Crippen MR) is 163 cm³/mol. The van der Waals surface area contributed by atoms with Gasteiger partial charge in [0.05, 0.1) is 7.11 Å². The number of methoxy groups -OCH3 is 1. The Balaban J connectivity index is 1.31. The van der Waals surface area contributed by atoms with E-state index >= 15 is 0 Å². The van der Waals surface area contributed by atoms with Crippen LogP contribution < -0.4 is 19.7 Å². The van der Waals surface area contributed by atoms with Crippen molar-refractivity contribution in [2.75, 3.05) is 38.2 Å². The van der Waals surface area contributed by atoms with Gasteiger partial charge in [0.1, 0.15) is 17.5 Å². The molecule has 1 amide bonds. The molecule has 1 aliphatic heterocycles. The van der Waals surface area contributed by atoms with Gasteiger partial charge in [0, 0.05) is 55.7 Å². The molecule has 0 radical (unpaired) electrons. The lowest BCUT2D eigenvalue weighted by Crippen LogP contribution is -2.55. The van der Waals surface area contributed by atoms with E-state index in [1.165, 1.54) is 4.31 Å². The fourth-order valence-corrected chi connectivity index (χ4v) is 5.93. The van der Waals surface area contributed by atoms with E-state index in [0.717, 1.165) is 22.6 Å². The Morgan fingerprint density at radius 2 is 1.63 bits per heavy atom. The van der Waals surface area contributed by atoms with Gasteiger partial charge in [-0.1, -0.05) is 37.8 Å². The Labute approximate surface area is 252 Å². The molecule has 0 spiro atoms. The maximum atomic E-state index is 12.7. The number of anilines is 1. The largest absolute Gasteiger partial charge is 0.497 e. The number of hydrogen-bond donors (Lipinski definition) is 3. The number of rotatable bonds is 10. The zero-order valence-electron chi connectivity index (χ0n) is 24.3. The van der Waals surface area contributed by atoms with Crippen LogP contribution in [0.25, 0.3) is 0 Å². The fraction of sp³-hybridized carbons (Fsp3) is 0.323. The number of nitrogens with zero attached hydrogens (tertiary/aromatic N) is 3.